The zero-order valence-electron chi connectivity index (χ0n) is 11.9. The van der Waals surface area contributed by atoms with Crippen molar-refractivity contribution in [3.63, 3.8) is 0 Å². The molecular formula is C14H20N2O3S. The Balaban J connectivity index is 2.31. The number of carboxylic acids is 1. The number of rotatable bonds is 4. The number of nitrogens with zero attached hydrogens (tertiary/aromatic N) is 2. The molecule has 0 bridgehead atoms. The first-order valence-electron chi connectivity index (χ1n) is 6.89. The van der Waals surface area contributed by atoms with E-state index in [1.165, 1.54) is 12.8 Å². The van der Waals surface area contributed by atoms with Crippen molar-refractivity contribution in [2.24, 2.45) is 0 Å². The lowest BCUT2D eigenvalue weighted by Crippen LogP contribution is -2.32. The Morgan fingerprint density at radius 2 is 2.20 bits per heavy atom. The van der Waals surface area contributed by atoms with Gasteiger partial charge in [-0.25, -0.2) is 4.79 Å². The van der Waals surface area contributed by atoms with Crippen molar-refractivity contribution in [1.82, 2.24) is 9.55 Å². The molecule has 20 heavy (non-hydrogen) atoms. The van der Waals surface area contributed by atoms with E-state index in [2.05, 4.69) is 4.98 Å². The molecule has 1 aliphatic rings. The van der Waals surface area contributed by atoms with Gasteiger partial charge in [0.2, 0.25) is 0 Å². The largest absolute Gasteiger partial charge is 0.481 e. The van der Waals surface area contributed by atoms with Crippen molar-refractivity contribution in [3.05, 3.63) is 27.4 Å². The molecule has 1 aromatic heterocycles. The number of thioether (sulfide) groups is 1. The van der Waals surface area contributed by atoms with E-state index in [4.69, 9.17) is 5.11 Å². The first-order chi connectivity index (χ1) is 9.49. The van der Waals surface area contributed by atoms with Crippen LogP contribution < -0.4 is 5.69 Å². The maximum absolute atomic E-state index is 12.1. The molecule has 0 spiro atoms. The van der Waals surface area contributed by atoms with Crippen molar-refractivity contribution < 1.29 is 9.90 Å². The summed E-state index contributed by atoms with van der Waals surface area (Å²) in [6.07, 6.45) is 3.47. The minimum absolute atomic E-state index is 0.0806. The summed E-state index contributed by atoms with van der Waals surface area (Å²) in [4.78, 5) is 27.0. The molecule has 0 aliphatic carbocycles. The zero-order valence-corrected chi connectivity index (χ0v) is 12.7. The number of aromatic nitrogens is 2. The van der Waals surface area contributed by atoms with E-state index in [1.807, 2.05) is 18.7 Å². The summed E-state index contributed by atoms with van der Waals surface area (Å²) in [6, 6.07) is 0. The summed E-state index contributed by atoms with van der Waals surface area (Å²) < 4.78 is 1.65. The quantitative estimate of drug-likeness (QED) is 0.917. The minimum Gasteiger partial charge on any atom is -0.481 e. The van der Waals surface area contributed by atoms with Crippen LogP contribution in [0.2, 0.25) is 0 Å². The van der Waals surface area contributed by atoms with Crippen LogP contribution in [0.1, 0.15) is 36.2 Å². The van der Waals surface area contributed by atoms with Crippen LogP contribution in [0.15, 0.2) is 4.79 Å². The second-order valence-electron chi connectivity index (χ2n) is 5.21. The molecule has 1 aromatic rings. The molecule has 1 unspecified atom stereocenters. The van der Waals surface area contributed by atoms with Crippen molar-refractivity contribution in [1.29, 1.82) is 0 Å². The Hall–Kier alpha value is -1.30. The zero-order chi connectivity index (χ0) is 14.7. The molecular weight excluding hydrogens is 276 g/mol. The Labute approximate surface area is 122 Å². The molecule has 5 nitrogen and oxygen atoms in total. The van der Waals surface area contributed by atoms with Gasteiger partial charge in [0, 0.05) is 28.7 Å². The van der Waals surface area contributed by atoms with Gasteiger partial charge in [0.05, 0.1) is 6.42 Å². The van der Waals surface area contributed by atoms with Crippen LogP contribution >= 0.6 is 11.8 Å². The van der Waals surface area contributed by atoms with Gasteiger partial charge in [0.25, 0.3) is 0 Å². The summed E-state index contributed by atoms with van der Waals surface area (Å²) in [5.74, 6) is 0.245. The SMILES string of the molecule is Cc1nc(=O)n(CC2CCCCS2)c(C)c1CC(=O)O. The van der Waals surface area contributed by atoms with E-state index in [0.717, 1.165) is 17.9 Å². The highest BCUT2D eigenvalue weighted by molar-refractivity contribution is 7.99. The molecule has 1 atom stereocenters. The van der Waals surface area contributed by atoms with Crippen LogP contribution in [-0.4, -0.2) is 31.6 Å². The van der Waals surface area contributed by atoms with Gasteiger partial charge in [-0.15, -0.1) is 0 Å². The molecule has 0 saturated carbocycles. The molecule has 2 heterocycles. The smallest absolute Gasteiger partial charge is 0.348 e. The monoisotopic (exact) mass is 296 g/mol. The highest BCUT2D eigenvalue weighted by Gasteiger charge is 2.19. The molecule has 6 heteroatoms. The molecule has 0 amide bonds. The highest BCUT2D eigenvalue weighted by atomic mass is 32.2. The first kappa shape index (κ1) is 15.1. The lowest BCUT2D eigenvalue weighted by Gasteiger charge is -2.23. The molecule has 110 valence electrons. The van der Waals surface area contributed by atoms with Gasteiger partial charge in [0.1, 0.15) is 0 Å². The maximum atomic E-state index is 12.1. The highest BCUT2D eigenvalue weighted by Crippen LogP contribution is 2.26. The van der Waals surface area contributed by atoms with Crippen LogP contribution in [0, 0.1) is 13.8 Å². The number of hydrogen-bond acceptors (Lipinski definition) is 4. The van der Waals surface area contributed by atoms with Crippen molar-refractivity contribution in [3.8, 4) is 0 Å². The number of carbonyl (C=O) groups is 1. The summed E-state index contributed by atoms with van der Waals surface area (Å²) in [6.45, 7) is 4.16. The second-order valence-corrected chi connectivity index (χ2v) is 6.62. The van der Waals surface area contributed by atoms with Gasteiger partial charge in [-0.1, -0.05) is 6.42 Å². The fourth-order valence-electron chi connectivity index (χ4n) is 2.62. The number of hydrogen-bond donors (Lipinski definition) is 1. The average Bonchev–Trinajstić information content (AvgIpc) is 2.40. The predicted octanol–water partition coefficient (Wildman–Crippen LogP) is 1.77. The topological polar surface area (TPSA) is 72.2 Å². The summed E-state index contributed by atoms with van der Waals surface area (Å²) in [7, 11) is 0. The Morgan fingerprint density at radius 3 is 2.80 bits per heavy atom. The van der Waals surface area contributed by atoms with Gasteiger partial charge in [-0.3, -0.25) is 9.36 Å². The Morgan fingerprint density at radius 1 is 1.45 bits per heavy atom. The molecule has 0 radical (unpaired) electrons. The van der Waals surface area contributed by atoms with Crippen molar-refractivity contribution in [2.45, 2.75) is 51.3 Å². The summed E-state index contributed by atoms with van der Waals surface area (Å²) in [5, 5.41) is 9.41. The molecule has 1 aliphatic heterocycles. The molecule has 1 N–H and O–H groups in total. The van der Waals surface area contributed by atoms with Crippen LogP contribution in [0.25, 0.3) is 0 Å². The predicted molar refractivity (Wildman–Crippen MR) is 79.4 cm³/mol. The van der Waals surface area contributed by atoms with E-state index in [0.29, 0.717) is 23.1 Å². The van der Waals surface area contributed by atoms with E-state index in [9.17, 15) is 9.59 Å². The van der Waals surface area contributed by atoms with Gasteiger partial charge >= 0.3 is 11.7 Å². The standard InChI is InChI=1S/C14H20N2O3S/c1-9-12(7-13(17)18)10(2)16(14(19)15-9)8-11-5-3-4-6-20-11/h11H,3-8H2,1-2H3,(H,17,18). The van der Waals surface area contributed by atoms with Crippen LogP contribution in [0.5, 0.6) is 0 Å². The van der Waals surface area contributed by atoms with E-state index >= 15 is 0 Å². The van der Waals surface area contributed by atoms with Crippen molar-refractivity contribution in [2.75, 3.05) is 5.75 Å². The minimum atomic E-state index is -0.893. The molecule has 0 aromatic carbocycles. The number of aryl methyl sites for hydroxylation is 1. The van der Waals surface area contributed by atoms with Crippen LogP contribution in [0.3, 0.4) is 0 Å². The molecule has 1 saturated heterocycles. The van der Waals surface area contributed by atoms with Crippen molar-refractivity contribution >= 4 is 17.7 Å². The summed E-state index contributed by atoms with van der Waals surface area (Å²) >= 11 is 1.90. The lowest BCUT2D eigenvalue weighted by atomic mass is 10.1. The Bertz CT molecular complexity index is 562. The van der Waals surface area contributed by atoms with Gasteiger partial charge in [-0.05, 0) is 32.4 Å². The molecule has 1 fully saturated rings. The second kappa shape index (κ2) is 6.43. The third-order valence-electron chi connectivity index (χ3n) is 3.76. The summed E-state index contributed by atoms with van der Waals surface area (Å²) in [5.41, 5.74) is 1.68. The average molecular weight is 296 g/mol. The van der Waals surface area contributed by atoms with Gasteiger partial charge in [0.15, 0.2) is 0 Å². The number of aliphatic carboxylic acids is 1. The third-order valence-corrected chi connectivity index (χ3v) is 5.14. The van der Waals surface area contributed by atoms with E-state index in [-0.39, 0.29) is 12.1 Å². The van der Waals surface area contributed by atoms with Gasteiger partial charge < -0.3 is 5.11 Å². The van der Waals surface area contributed by atoms with E-state index in [1.54, 1.807) is 11.5 Å². The lowest BCUT2D eigenvalue weighted by molar-refractivity contribution is -0.136. The Kier molecular flexibility index (Phi) is 4.86. The number of carboxylic acid groups (broad SMARTS) is 1. The normalized spacial score (nSPS) is 19.0. The fourth-order valence-corrected chi connectivity index (χ4v) is 3.91. The fraction of sp³-hybridized carbons (Fsp3) is 0.643. The molecule has 2 rings (SSSR count). The first-order valence-corrected chi connectivity index (χ1v) is 7.94. The van der Waals surface area contributed by atoms with E-state index < -0.39 is 5.97 Å². The van der Waals surface area contributed by atoms with Crippen LogP contribution in [0.4, 0.5) is 0 Å². The van der Waals surface area contributed by atoms with Gasteiger partial charge in [-0.2, -0.15) is 16.7 Å². The maximum Gasteiger partial charge on any atom is 0.348 e. The third kappa shape index (κ3) is 3.42. The van der Waals surface area contributed by atoms with Crippen LogP contribution in [-0.2, 0) is 17.8 Å².